The Morgan fingerprint density at radius 3 is 2.79 bits per heavy atom. The fraction of sp³-hybridized carbons (Fsp3) is 0.364. The Morgan fingerprint density at radius 2 is 2.00 bits per heavy atom. The number of aromatic nitrogens is 2. The van der Waals surface area contributed by atoms with Crippen LogP contribution >= 0.6 is 0 Å². The van der Waals surface area contributed by atoms with Crippen molar-refractivity contribution in [3.8, 4) is 0 Å². The molecule has 1 aromatic heterocycles. The van der Waals surface area contributed by atoms with Crippen LogP contribution in [0.2, 0.25) is 0 Å². The molecule has 0 bridgehead atoms. The van der Waals surface area contributed by atoms with Gasteiger partial charge in [-0.2, -0.15) is 4.98 Å². The summed E-state index contributed by atoms with van der Waals surface area (Å²) in [6, 6.07) is 15.4. The molecule has 2 heterocycles. The summed E-state index contributed by atoms with van der Waals surface area (Å²) in [4.78, 5) is 9.31. The Bertz CT molecular complexity index is 942. The minimum absolute atomic E-state index is 0.249. The highest BCUT2D eigenvalue weighted by Crippen LogP contribution is 2.23. The lowest BCUT2D eigenvalue weighted by molar-refractivity contribution is 0.159. The van der Waals surface area contributed by atoms with Gasteiger partial charge < -0.3 is 9.42 Å². The first-order valence-corrected chi connectivity index (χ1v) is 9.69. The maximum atomic E-state index is 13.3. The average molecular weight is 380 g/mol. The van der Waals surface area contributed by atoms with Crippen LogP contribution in [-0.2, 0) is 13.0 Å². The molecular formula is C22H25FN4O. The summed E-state index contributed by atoms with van der Waals surface area (Å²) in [5.74, 6) is 0.955. The Morgan fingerprint density at radius 1 is 1.14 bits per heavy atom. The topological polar surface area (TPSA) is 45.4 Å². The number of anilines is 1. The molecule has 1 saturated heterocycles. The number of rotatable bonds is 5. The van der Waals surface area contributed by atoms with E-state index < -0.39 is 0 Å². The normalized spacial score (nSPS) is 17.8. The van der Waals surface area contributed by atoms with Crippen LogP contribution in [-0.4, -0.2) is 40.7 Å². The standard InChI is InChI=1S/C22H25FN4O/c1-16-6-3-4-9-20(16)27-11-10-26(17(2)14-27)15-22-24-21(25-28-22)13-18-7-5-8-19(23)12-18/h3-9,12,17H,10-11,13-15H2,1-2H3. The van der Waals surface area contributed by atoms with Crippen molar-refractivity contribution in [3.63, 3.8) is 0 Å². The van der Waals surface area contributed by atoms with Crippen molar-refractivity contribution in [2.24, 2.45) is 0 Å². The van der Waals surface area contributed by atoms with E-state index in [1.807, 2.05) is 6.07 Å². The molecular weight excluding hydrogens is 355 g/mol. The molecule has 1 unspecified atom stereocenters. The molecule has 0 amide bonds. The number of hydrogen-bond donors (Lipinski definition) is 0. The summed E-state index contributed by atoms with van der Waals surface area (Å²) >= 11 is 0. The lowest BCUT2D eigenvalue weighted by Crippen LogP contribution is -2.51. The first-order chi connectivity index (χ1) is 13.6. The highest BCUT2D eigenvalue weighted by atomic mass is 19.1. The molecule has 0 radical (unpaired) electrons. The van der Waals surface area contributed by atoms with Gasteiger partial charge in [-0.3, -0.25) is 4.90 Å². The van der Waals surface area contributed by atoms with Crippen LogP contribution in [0.5, 0.6) is 0 Å². The third-order valence-electron chi connectivity index (χ3n) is 5.32. The summed E-state index contributed by atoms with van der Waals surface area (Å²) < 4.78 is 18.8. The van der Waals surface area contributed by atoms with E-state index in [0.717, 1.165) is 25.2 Å². The van der Waals surface area contributed by atoms with E-state index in [2.05, 4.69) is 58.1 Å². The van der Waals surface area contributed by atoms with Crippen LogP contribution in [0.15, 0.2) is 53.1 Å². The Hall–Kier alpha value is -2.73. The fourth-order valence-electron chi connectivity index (χ4n) is 3.80. The van der Waals surface area contributed by atoms with Gasteiger partial charge in [-0.05, 0) is 43.2 Å². The minimum atomic E-state index is -0.249. The third kappa shape index (κ3) is 4.22. The highest BCUT2D eigenvalue weighted by molar-refractivity contribution is 5.53. The van der Waals surface area contributed by atoms with Crippen molar-refractivity contribution >= 4 is 5.69 Å². The molecule has 146 valence electrons. The molecule has 0 N–H and O–H groups in total. The van der Waals surface area contributed by atoms with E-state index in [9.17, 15) is 4.39 Å². The largest absolute Gasteiger partial charge is 0.368 e. The lowest BCUT2D eigenvalue weighted by atomic mass is 10.1. The van der Waals surface area contributed by atoms with Gasteiger partial charge >= 0.3 is 0 Å². The molecule has 3 aromatic rings. The molecule has 0 spiro atoms. The monoisotopic (exact) mass is 380 g/mol. The number of aryl methyl sites for hydroxylation is 1. The summed E-state index contributed by atoms with van der Waals surface area (Å²) in [5, 5.41) is 4.06. The zero-order chi connectivity index (χ0) is 19.5. The molecule has 1 atom stereocenters. The van der Waals surface area contributed by atoms with Gasteiger partial charge in [-0.25, -0.2) is 4.39 Å². The molecule has 2 aromatic carbocycles. The van der Waals surface area contributed by atoms with E-state index >= 15 is 0 Å². The number of piperazine rings is 1. The second kappa shape index (κ2) is 8.10. The predicted octanol–water partition coefficient (Wildman–Crippen LogP) is 3.82. The maximum Gasteiger partial charge on any atom is 0.240 e. The average Bonchev–Trinajstić information content (AvgIpc) is 3.11. The number of halogens is 1. The second-order valence-corrected chi connectivity index (χ2v) is 7.46. The Kier molecular flexibility index (Phi) is 5.39. The molecule has 5 nitrogen and oxygen atoms in total. The van der Waals surface area contributed by atoms with E-state index in [1.165, 1.54) is 23.4 Å². The number of hydrogen-bond acceptors (Lipinski definition) is 5. The van der Waals surface area contributed by atoms with Crippen molar-refractivity contribution in [2.75, 3.05) is 24.5 Å². The smallest absolute Gasteiger partial charge is 0.240 e. The SMILES string of the molecule is Cc1ccccc1N1CCN(Cc2nc(Cc3cccc(F)c3)no2)C(C)C1. The van der Waals surface area contributed by atoms with Gasteiger partial charge in [0, 0.05) is 37.8 Å². The number of benzene rings is 2. The zero-order valence-corrected chi connectivity index (χ0v) is 16.3. The molecule has 1 aliphatic heterocycles. The first kappa shape index (κ1) is 18.6. The summed E-state index contributed by atoms with van der Waals surface area (Å²) in [6.07, 6.45) is 0.470. The zero-order valence-electron chi connectivity index (χ0n) is 16.3. The van der Waals surface area contributed by atoms with Gasteiger partial charge in [0.1, 0.15) is 5.82 Å². The van der Waals surface area contributed by atoms with Gasteiger partial charge in [0.25, 0.3) is 0 Å². The van der Waals surface area contributed by atoms with E-state index in [-0.39, 0.29) is 5.82 Å². The maximum absolute atomic E-state index is 13.3. The molecule has 1 fully saturated rings. The summed E-state index contributed by atoms with van der Waals surface area (Å²) in [5.41, 5.74) is 3.46. The first-order valence-electron chi connectivity index (χ1n) is 9.69. The van der Waals surface area contributed by atoms with Crippen molar-refractivity contribution < 1.29 is 8.91 Å². The molecule has 0 saturated carbocycles. The lowest BCUT2D eigenvalue weighted by Gasteiger charge is -2.40. The van der Waals surface area contributed by atoms with Gasteiger partial charge in [-0.15, -0.1) is 0 Å². The van der Waals surface area contributed by atoms with Crippen molar-refractivity contribution in [3.05, 3.63) is 77.2 Å². The molecule has 1 aliphatic rings. The van der Waals surface area contributed by atoms with Gasteiger partial charge in [-0.1, -0.05) is 35.5 Å². The van der Waals surface area contributed by atoms with E-state index in [1.54, 1.807) is 6.07 Å². The third-order valence-corrected chi connectivity index (χ3v) is 5.32. The Balaban J connectivity index is 1.36. The number of nitrogens with zero attached hydrogens (tertiary/aromatic N) is 4. The van der Waals surface area contributed by atoms with Crippen LogP contribution in [0.25, 0.3) is 0 Å². The Labute approximate surface area is 164 Å². The summed E-state index contributed by atoms with van der Waals surface area (Å²) in [7, 11) is 0. The molecule has 28 heavy (non-hydrogen) atoms. The molecule has 0 aliphatic carbocycles. The van der Waals surface area contributed by atoms with Crippen LogP contribution in [0.4, 0.5) is 10.1 Å². The predicted molar refractivity (Wildman–Crippen MR) is 107 cm³/mol. The van der Waals surface area contributed by atoms with Gasteiger partial charge in [0.2, 0.25) is 5.89 Å². The fourth-order valence-corrected chi connectivity index (χ4v) is 3.80. The van der Waals surface area contributed by atoms with Gasteiger partial charge in [0.15, 0.2) is 5.82 Å². The van der Waals surface area contributed by atoms with Crippen LogP contribution in [0.3, 0.4) is 0 Å². The second-order valence-electron chi connectivity index (χ2n) is 7.46. The van der Waals surface area contributed by atoms with E-state index in [4.69, 9.17) is 4.52 Å². The number of para-hydroxylation sites is 1. The molecule has 6 heteroatoms. The van der Waals surface area contributed by atoms with Gasteiger partial charge in [0.05, 0.1) is 6.54 Å². The minimum Gasteiger partial charge on any atom is -0.368 e. The van der Waals surface area contributed by atoms with Crippen LogP contribution < -0.4 is 4.90 Å². The summed E-state index contributed by atoms with van der Waals surface area (Å²) in [6.45, 7) is 7.91. The van der Waals surface area contributed by atoms with E-state index in [0.29, 0.717) is 30.7 Å². The molecule has 4 rings (SSSR count). The van der Waals surface area contributed by atoms with Crippen molar-refractivity contribution in [1.29, 1.82) is 0 Å². The van der Waals surface area contributed by atoms with Crippen molar-refractivity contribution in [2.45, 2.75) is 32.9 Å². The highest BCUT2D eigenvalue weighted by Gasteiger charge is 2.26. The van der Waals surface area contributed by atoms with Crippen molar-refractivity contribution in [1.82, 2.24) is 15.0 Å². The quantitative estimate of drug-likeness (QED) is 0.673. The van der Waals surface area contributed by atoms with Crippen LogP contribution in [0, 0.1) is 12.7 Å². The van der Waals surface area contributed by atoms with Crippen LogP contribution in [0.1, 0.15) is 29.8 Å².